The fourth-order valence-electron chi connectivity index (χ4n) is 11.3. The summed E-state index contributed by atoms with van der Waals surface area (Å²) in [5.41, 5.74) is 12.9. The van der Waals surface area contributed by atoms with Gasteiger partial charge in [-0.3, -0.25) is 38.9 Å². The summed E-state index contributed by atoms with van der Waals surface area (Å²) in [5, 5.41) is 62.3. The maximum atomic E-state index is 12.1. The van der Waals surface area contributed by atoms with E-state index in [4.69, 9.17) is 242 Å². The molecule has 0 radical (unpaired) electrons. The maximum absolute atomic E-state index is 12.1. The molecule has 0 fully saturated rings. The van der Waals surface area contributed by atoms with Gasteiger partial charge in [0.25, 0.3) is 5.91 Å². The Morgan fingerprint density at radius 3 is 1.24 bits per heavy atom. The van der Waals surface area contributed by atoms with Crippen molar-refractivity contribution < 1.29 is 18.4 Å². The molecule has 23 nitrogen and oxygen atoms in total. The van der Waals surface area contributed by atoms with Gasteiger partial charge in [-0.1, -0.05) is 282 Å². The highest BCUT2D eigenvalue weighted by Crippen LogP contribution is 2.39. The Balaban J connectivity index is 0.000000170. The molecule has 0 unspecified atom stereocenters. The number of anilines is 1. The Kier molecular flexibility index (Phi) is 43.2. The Hall–Kier alpha value is -10.2. The van der Waals surface area contributed by atoms with Gasteiger partial charge in [-0.15, -0.1) is 42.2 Å². The van der Waals surface area contributed by atoms with Gasteiger partial charge in [0.1, 0.15) is 5.88 Å². The predicted octanol–water partition coefficient (Wildman–Crippen LogP) is 31.5. The number of nitrogens with two attached hydrogens (primary N) is 1. The summed E-state index contributed by atoms with van der Waals surface area (Å²) in [7, 11) is 0. The number of alkyl halides is 1. The molecule has 0 aliphatic carbocycles. The lowest BCUT2D eigenvalue weighted by Crippen LogP contribution is -2.33. The van der Waals surface area contributed by atoms with E-state index < -0.39 is 5.91 Å². The van der Waals surface area contributed by atoms with Gasteiger partial charge in [0.2, 0.25) is 23.6 Å². The van der Waals surface area contributed by atoms with Gasteiger partial charge in [0.05, 0.1) is 127 Å². The molecule has 17 rings (SSSR count). The summed E-state index contributed by atoms with van der Waals surface area (Å²) in [6.45, 7) is 5.52. The molecule has 0 saturated carbocycles. The van der Waals surface area contributed by atoms with Crippen LogP contribution in [0, 0.1) is 34.7 Å². The second-order valence-corrected chi connectivity index (χ2v) is 35.9. The van der Waals surface area contributed by atoms with Crippen LogP contribution >= 0.6 is 246 Å². The number of aromatic amines is 2. The summed E-state index contributed by atoms with van der Waals surface area (Å²) in [6.07, 6.45) is 0. The summed E-state index contributed by atoms with van der Waals surface area (Å²) >= 11 is 117. The molecule has 5 heterocycles. The number of aliphatic imine (C=N–C) groups is 1. The van der Waals surface area contributed by atoms with Crippen molar-refractivity contribution >= 4 is 280 Å². The lowest BCUT2D eigenvalue weighted by Gasteiger charge is -2.12. The van der Waals surface area contributed by atoms with Crippen LogP contribution in [-0.2, 0) is 11.6 Å². The van der Waals surface area contributed by atoms with Gasteiger partial charge in [0, 0.05) is 45.9 Å². The van der Waals surface area contributed by atoms with Gasteiger partial charge in [0.15, 0.2) is 43.1 Å². The number of rotatable bonds is 18. The first-order valence-electron chi connectivity index (χ1n) is 39.1. The Bertz CT molecular complexity index is 7170. The minimum absolute atomic E-state index is 0.0360. The molecule has 137 heavy (non-hydrogen) atoms. The lowest BCUT2D eigenvalue weighted by atomic mass is 10.1. The van der Waals surface area contributed by atoms with Gasteiger partial charge >= 0.3 is 0 Å². The van der Waals surface area contributed by atoms with E-state index >= 15 is 0 Å². The number of carbonyl (C=O) groups is 2. The number of thiocarbonyl (C=S) groups is 2. The molecule has 1 amide bonds. The van der Waals surface area contributed by atoms with Crippen molar-refractivity contribution in [3.05, 3.63) is 380 Å². The highest BCUT2D eigenvalue weighted by atomic mass is 35.5. The monoisotopic (exact) mass is 2230 g/mol. The number of aromatic nitrogens is 13. The average molecular weight is 2240 g/mol. The van der Waals surface area contributed by atoms with Crippen LogP contribution in [-0.4, -0.2) is 93.2 Å². The SMILES string of the molecule is CC#N.Cc1ccc(-c2nnc(CCl)o2)cc1.Cc1ccc(-c2nnc(CSc3nnc(-c4ccc(Cl)c(Cl)c4)n3-c3ccccc3Cl)o2)cc1.NNC(=O)c1ccc(Cl)c(Cl)c1.O=C(CNC(=S)Nc1ccccc1Cl)c1ccc(Cl)c(Cl)c1.S=C=Nc1ccccc1Cl.S=c1[nH]nc(-c2ccc(Cl)c(Cl)c2)n1-c1ccccc1Cl.S=c1[nH]nc(-c2ccc(Cl)c(Cl)c2)n1-c1ccccc1Cl. The van der Waals surface area contributed by atoms with Crippen LogP contribution in [0.1, 0.15) is 50.5 Å². The molecular weight excluding hydrogens is 2170 g/mol. The average Bonchev–Trinajstić information content (AvgIpc) is 1.66. The third-order valence-electron chi connectivity index (χ3n) is 17.9. The van der Waals surface area contributed by atoms with Crippen LogP contribution in [0.15, 0.2) is 280 Å². The minimum atomic E-state index is -0.395. The van der Waals surface area contributed by atoms with Gasteiger partial charge in [-0.2, -0.15) is 20.5 Å². The number of benzene rings is 12. The minimum Gasteiger partial charge on any atom is -0.420 e. The number of para-hydroxylation sites is 5. The molecule has 12 aromatic carbocycles. The van der Waals surface area contributed by atoms with Gasteiger partial charge in [-0.25, -0.2) is 5.84 Å². The first-order valence-corrected chi connectivity index (χ1v) is 47.9. The zero-order chi connectivity index (χ0) is 98.9. The quantitative estimate of drug-likeness (QED) is 0.00679. The predicted molar refractivity (Wildman–Crippen MR) is 570 cm³/mol. The van der Waals surface area contributed by atoms with E-state index in [0.717, 1.165) is 50.4 Å². The number of Topliss-reactive ketones (excluding diaryl/α,β-unsaturated/α-hetero) is 1. The molecule has 0 bridgehead atoms. The molecule has 5 aromatic heterocycles. The van der Waals surface area contributed by atoms with Crippen molar-refractivity contribution in [2.45, 2.75) is 37.6 Å². The van der Waals surface area contributed by atoms with E-state index in [-0.39, 0.29) is 18.2 Å². The molecule has 0 aliphatic heterocycles. The fourth-order valence-corrected chi connectivity index (χ4v) is 15.5. The summed E-state index contributed by atoms with van der Waals surface area (Å²) in [6, 6.07) is 79.4. The van der Waals surface area contributed by atoms with Crippen molar-refractivity contribution in [1.82, 2.24) is 75.4 Å². The van der Waals surface area contributed by atoms with Crippen molar-refractivity contribution in [2.75, 3.05) is 11.9 Å². The number of ketones is 1. The Morgan fingerprint density at radius 2 is 0.825 bits per heavy atom. The van der Waals surface area contributed by atoms with Crippen molar-refractivity contribution in [3.63, 3.8) is 0 Å². The zero-order valence-corrected chi connectivity index (χ0v) is 86.7. The van der Waals surface area contributed by atoms with Crippen LogP contribution in [0.3, 0.4) is 0 Å². The molecular formula is C93H65Cl16N19O4S5. The number of hydrogen-bond acceptors (Lipinski definition) is 20. The summed E-state index contributed by atoms with van der Waals surface area (Å²) in [4.78, 5) is 26.7. The van der Waals surface area contributed by atoms with Crippen LogP contribution < -0.4 is 21.9 Å². The second-order valence-electron chi connectivity index (χ2n) is 27.2. The lowest BCUT2D eigenvalue weighted by molar-refractivity contribution is 0.0952. The zero-order valence-electron chi connectivity index (χ0n) is 70.6. The first kappa shape index (κ1) is 109. The Labute approximate surface area is 889 Å². The Morgan fingerprint density at radius 1 is 0.445 bits per heavy atom. The van der Waals surface area contributed by atoms with E-state index in [1.54, 1.807) is 100 Å². The smallest absolute Gasteiger partial charge is 0.265 e. The number of nitriles is 1. The van der Waals surface area contributed by atoms with Crippen LogP contribution in [0.5, 0.6) is 0 Å². The number of nitrogens with one attached hydrogen (secondary N) is 5. The largest absolute Gasteiger partial charge is 0.420 e. The fraction of sp³-hybridized carbons (Fsp3) is 0.0645. The van der Waals surface area contributed by atoms with Crippen molar-refractivity contribution in [1.29, 1.82) is 5.26 Å². The van der Waals surface area contributed by atoms with Gasteiger partial charge in [-0.05, 0) is 239 Å². The van der Waals surface area contributed by atoms with E-state index in [2.05, 4.69) is 84.0 Å². The number of thioether (sulfide) groups is 1. The molecule has 0 aliphatic rings. The number of nitrogens with zero attached hydrogens (tertiary/aromatic N) is 13. The highest BCUT2D eigenvalue weighted by Gasteiger charge is 2.23. The number of hydrogen-bond donors (Lipinski definition) is 6. The molecule has 0 atom stereocenters. The van der Waals surface area contributed by atoms with Crippen LogP contribution in [0.4, 0.5) is 11.4 Å². The number of amides is 1. The normalized spacial score (nSPS) is 10.3. The number of nitrogen functional groups attached to an aromatic ring is 1. The number of hydrazine groups is 1. The van der Waals surface area contributed by atoms with E-state index in [0.29, 0.717) is 164 Å². The standard InChI is InChI=1S/C24H16Cl3N5OS.C15H11Cl3N2OS.2C14H8Cl3N3S.C10H9ClN2O.C7H6Cl2N2O.C7H4ClNS.C2H3N/c1-14-6-8-15(9-7-14)23-30-28-21(33-23)13-34-24-31-29-22(16-10-11-17(25)19(27)12-16)32(24)20-5-3-2-4-18(20)26;16-10-6-5-9(7-12(10)18)14(21)8-19-15(22)20-13-4-2-1-3-11(13)17;2*15-9-6-5-8(7-11(9)17)13-18-19-14(21)20(13)12-4-2-1-3-10(12)16;1-7-2-4-8(5-3-7)10-13-12-9(6-11)14-10;8-5-2-1-4(3-6(5)9)7(12)11-10;8-6-3-1-2-4-7(6)9-5-10;1-2-3/h2-12H,13H2,1H3;1-7H,8H2,(H2,19,20,22);2*1-7H,(H,19,21);2-5H,6H2,1H3;1-3H,10H2,(H,11,12);1-4H;1H3. The summed E-state index contributed by atoms with van der Waals surface area (Å²) in [5.74, 6) is 8.75. The molecule has 0 saturated heterocycles. The molecule has 44 heteroatoms. The number of isothiocyanates is 1. The van der Waals surface area contributed by atoms with E-state index in [9.17, 15) is 9.59 Å². The molecule has 698 valence electrons. The molecule has 17 aromatic rings. The van der Waals surface area contributed by atoms with E-state index in [1.165, 1.54) is 48.5 Å². The summed E-state index contributed by atoms with van der Waals surface area (Å²) < 4.78 is 17.5. The maximum Gasteiger partial charge on any atom is 0.265 e. The molecule has 7 N–H and O–H groups in total. The highest BCUT2D eigenvalue weighted by molar-refractivity contribution is 7.98. The topological polar surface area (TPSA) is 308 Å². The third kappa shape index (κ3) is 31.4. The first-order chi connectivity index (χ1) is 65.8. The van der Waals surface area contributed by atoms with E-state index in [1.807, 2.05) is 175 Å². The van der Waals surface area contributed by atoms with Crippen LogP contribution in [0.25, 0.3) is 74.1 Å². The van der Waals surface area contributed by atoms with Crippen LogP contribution in [0.2, 0.25) is 75.3 Å². The number of aryl methyl sites for hydroxylation is 2. The third-order valence-corrected chi connectivity index (χ3v) is 25.2. The van der Waals surface area contributed by atoms with Crippen molar-refractivity contribution in [3.8, 4) is 80.2 Å². The number of halogens is 16. The number of H-pyrrole nitrogens is 2. The second kappa shape index (κ2) is 54.4. The molecule has 0 spiro atoms. The van der Waals surface area contributed by atoms with Gasteiger partial charge < -0.3 is 19.5 Å². The van der Waals surface area contributed by atoms with Crippen molar-refractivity contribution in [2.24, 2.45) is 10.8 Å². The number of carbonyl (C=O) groups excluding carboxylic acids is 2.